The quantitative estimate of drug-likeness (QED) is 0.546. The Balaban J connectivity index is 1.30. The first-order valence-corrected chi connectivity index (χ1v) is 11.5. The van der Waals surface area contributed by atoms with Gasteiger partial charge < -0.3 is 25.4 Å². The highest BCUT2D eigenvalue weighted by molar-refractivity contribution is 5.91. The number of carbonyl (C=O) groups is 1. The predicted molar refractivity (Wildman–Crippen MR) is 121 cm³/mol. The number of carbonyl (C=O) groups excluding carboxylic acids is 1. The molecule has 4 rings (SSSR count). The van der Waals surface area contributed by atoms with E-state index in [0.717, 1.165) is 56.3 Å². The van der Waals surface area contributed by atoms with Crippen LogP contribution in [-0.2, 0) is 17.5 Å². The zero-order chi connectivity index (χ0) is 24.0. The van der Waals surface area contributed by atoms with Crippen LogP contribution in [0.15, 0.2) is 42.7 Å². The summed E-state index contributed by atoms with van der Waals surface area (Å²) in [5.74, 6) is 0.227. The van der Waals surface area contributed by atoms with Crippen LogP contribution >= 0.6 is 0 Å². The number of amides is 2. The van der Waals surface area contributed by atoms with Crippen LogP contribution in [0.5, 0.6) is 5.75 Å². The smallest absolute Gasteiger partial charge is 0.416 e. The van der Waals surface area contributed by atoms with Crippen molar-refractivity contribution in [1.82, 2.24) is 15.6 Å². The minimum absolute atomic E-state index is 0.00796. The molecule has 1 aromatic carbocycles. The number of nitrogens with one attached hydrogen (secondary N) is 3. The van der Waals surface area contributed by atoms with Gasteiger partial charge in [0.1, 0.15) is 11.9 Å². The molecule has 1 aliphatic carbocycles. The molecule has 1 atom stereocenters. The Morgan fingerprint density at radius 1 is 1.06 bits per heavy atom. The van der Waals surface area contributed by atoms with Crippen LogP contribution in [0.3, 0.4) is 0 Å². The third kappa shape index (κ3) is 6.83. The van der Waals surface area contributed by atoms with Crippen LogP contribution in [-0.4, -0.2) is 42.4 Å². The minimum Gasteiger partial charge on any atom is -0.487 e. The maximum absolute atomic E-state index is 13.2. The molecule has 184 valence electrons. The molecule has 2 fully saturated rings. The first-order valence-electron chi connectivity index (χ1n) is 11.5. The van der Waals surface area contributed by atoms with Crippen LogP contribution in [0.1, 0.15) is 43.2 Å². The summed E-state index contributed by atoms with van der Waals surface area (Å²) in [6.45, 7) is 1.91. The molecule has 34 heavy (non-hydrogen) atoms. The van der Waals surface area contributed by atoms with E-state index in [1.807, 2.05) is 12.1 Å². The fourth-order valence-electron chi connectivity index (χ4n) is 4.23. The van der Waals surface area contributed by atoms with Crippen molar-refractivity contribution in [3.8, 4) is 5.75 Å². The number of hydrogen-bond donors (Lipinski definition) is 3. The van der Waals surface area contributed by atoms with Gasteiger partial charge in [-0.1, -0.05) is 0 Å². The van der Waals surface area contributed by atoms with E-state index >= 15 is 0 Å². The van der Waals surface area contributed by atoms with Crippen molar-refractivity contribution in [1.29, 1.82) is 0 Å². The predicted octanol–water partition coefficient (Wildman–Crippen LogP) is 4.49. The van der Waals surface area contributed by atoms with Gasteiger partial charge in [0, 0.05) is 25.0 Å². The summed E-state index contributed by atoms with van der Waals surface area (Å²) in [6.07, 6.45) is 2.69. The summed E-state index contributed by atoms with van der Waals surface area (Å²) in [7, 11) is 0. The normalized spacial score (nSPS) is 22.9. The molecule has 0 radical (unpaired) electrons. The second kappa shape index (κ2) is 11.1. The van der Waals surface area contributed by atoms with Gasteiger partial charge in [-0.15, -0.1) is 0 Å². The lowest BCUT2D eigenvalue weighted by molar-refractivity contribution is -0.137. The monoisotopic (exact) mass is 478 g/mol. The Morgan fingerprint density at radius 3 is 2.50 bits per heavy atom. The van der Waals surface area contributed by atoms with E-state index in [0.29, 0.717) is 13.2 Å². The molecule has 10 heteroatoms. The number of hydrogen-bond acceptors (Lipinski definition) is 5. The van der Waals surface area contributed by atoms with Crippen molar-refractivity contribution >= 4 is 11.7 Å². The van der Waals surface area contributed by atoms with E-state index in [1.165, 1.54) is 6.07 Å². The van der Waals surface area contributed by atoms with Gasteiger partial charge in [-0.2, -0.15) is 13.2 Å². The molecule has 1 saturated carbocycles. The first-order chi connectivity index (χ1) is 16.4. The van der Waals surface area contributed by atoms with E-state index in [1.54, 1.807) is 12.4 Å². The van der Waals surface area contributed by atoms with E-state index in [9.17, 15) is 18.0 Å². The molecule has 7 nitrogen and oxygen atoms in total. The molecule has 2 heterocycles. The SMILES string of the molecule is O=C(Nc1cc(C(F)(F)F)ccc1O[C@@H]1CCNC1)N[C@H]1CC[C@H](OCc2ccncc2)CC1. The van der Waals surface area contributed by atoms with Gasteiger partial charge in [0.05, 0.1) is 24.0 Å². The molecule has 0 bridgehead atoms. The van der Waals surface area contributed by atoms with Crippen molar-refractivity contribution in [2.24, 2.45) is 0 Å². The van der Waals surface area contributed by atoms with Crippen LogP contribution in [0, 0.1) is 0 Å². The van der Waals surface area contributed by atoms with E-state index < -0.39 is 17.8 Å². The topological polar surface area (TPSA) is 84.5 Å². The van der Waals surface area contributed by atoms with Crippen LogP contribution in [0.4, 0.5) is 23.7 Å². The molecule has 0 spiro atoms. The van der Waals surface area contributed by atoms with Crippen LogP contribution in [0.2, 0.25) is 0 Å². The zero-order valence-corrected chi connectivity index (χ0v) is 18.7. The molecule has 3 N–H and O–H groups in total. The fraction of sp³-hybridized carbons (Fsp3) is 0.500. The summed E-state index contributed by atoms with van der Waals surface area (Å²) < 4.78 is 51.5. The third-order valence-corrected chi connectivity index (χ3v) is 6.11. The second-order valence-electron chi connectivity index (χ2n) is 8.68. The Kier molecular flexibility index (Phi) is 7.89. The molecule has 0 unspecified atom stereocenters. The number of aromatic nitrogens is 1. The number of rotatable bonds is 7. The second-order valence-corrected chi connectivity index (χ2v) is 8.68. The lowest BCUT2D eigenvalue weighted by Crippen LogP contribution is -2.41. The Labute approximate surface area is 196 Å². The first kappa shape index (κ1) is 24.3. The molecule has 2 aromatic rings. The van der Waals surface area contributed by atoms with Crippen molar-refractivity contribution in [2.75, 3.05) is 18.4 Å². The maximum Gasteiger partial charge on any atom is 0.416 e. The molecular formula is C24H29F3N4O3. The molecular weight excluding hydrogens is 449 g/mol. The standard InChI is InChI=1S/C24H29F3N4O3/c25-24(26,27)17-1-6-22(34-20-9-12-29-14-20)21(13-17)31-23(32)30-18-2-4-19(5-3-18)33-15-16-7-10-28-11-8-16/h1,6-8,10-11,13,18-20,29H,2-5,9,12,14-15H2,(H2,30,31,32)/t18-,19-,20-/m1/s1. The van der Waals surface area contributed by atoms with Gasteiger partial charge in [0.25, 0.3) is 0 Å². The minimum atomic E-state index is -4.52. The number of anilines is 1. The summed E-state index contributed by atoms with van der Waals surface area (Å²) in [4.78, 5) is 16.6. The Morgan fingerprint density at radius 2 is 1.82 bits per heavy atom. The van der Waals surface area contributed by atoms with Gasteiger partial charge in [0.2, 0.25) is 0 Å². The number of halogens is 3. The molecule has 2 amide bonds. The average molecular weight is 479 g/mol. The number of nitrogens with zero attached hydrogens (tertiary/aromatic N) is 1. The number of urea groups is 1. The van der Waals surface area contributed by atoms with Gasteiger partial charge in [-0.25, -0.2) is 4.79 Å². The van der Waals surface area contributed by atoms with Gasteiger partial charge in [-0.3, -0.25) is 4.98 Å². The van der Waals surface area contributed by atoms with E-state index in [4.69, 9.17) is 9.47 Å². The Bertz CT molecular complexity index is 944. The summed E-state index contributed by atoms with van der Waals surface area (Å²) >= 11 is 0. The van der Waals surface area contributed by atoms with E-state index in [-0.39, 0.29) is 29.7 Å². The number of ether oxygens (including phenoxy) is 2. The lowest BCUT2D eigenvalue weighted by Gasteiger charge is -2.29. The van der Waals surface area contributed by atoms with Crippen molar-refractivity contribution < 1.29 is 27.4 Å². The number of alkyl halides is 3. The van der Waals surface area contributed by atoms with Crippen LogP contribution < -0.4 is 20.7 Å². The molecule has 2 aliphatic rings. The summed E-state index contributed by atoms with van der Waals surface area (Å²) in [6, 6.07) is 6.35. The molecule has 1 aromatic heterocycles. The average Bonchev–Trinajstić information content (AvgIpc) is 3.33. The maximum atomic E-state index is 13.2. The highest BCUT2D eigenvalue weighted by Gasteiger charge is 2.32. The lowest BCUT2D eigenvalue weighted by atomic mass is 9.93. The number of pyridine rings is 1. The van der Waals surface area contributed by atoms with Gasteiger partial charge >= 0.3 is 12.2 Å². The summed E-state index contributed by atoms with van der Waals surface area (Å²) in [5.41, 5.74) is 0.224. The van der Waals surface area contributed by atoms with Crippen molar-refractivity contribution in [3.05, 3.63) is 53.9 Å². The van der Waals surface area contributed by atoms with Crippen molar-refractivity contribution in [2.45, 2.75) is 63.1 Å². The van der Waals surface area contributed by atoms with E-state index in [2.05, 4.69) is 20.9 Å². The molecule has 1 saturated heterocycles. The highest BCUT2D eigenvalue weighted by atomic mass is 19.4. The third-order valence-electron chi connectivity index (χ3n) is 6.11. The highest BCUT2D eigenvalue weighted by Crippen LogP contribution is 2.36. The fourth-order valence-corrected chi connectivity index (χ4v) is 4.23. The van der Waals surface area contributed by atoms with Gasteiger partial charge in [-0.05, 0) is 74.5 Å². The van der Waals surface area contributed by atoms with Crippen LogP contribution in [0.25, 0.3) is 0 Å². The number of benzene rings is 1. The largest absolute Gasteiger partial charge is 0.487 e. The van der Waals surface area contributed by atoms with Gasteiger partial charge in [0.15, 0.2) is 0 Å². The summed E-state index contributed by atoms with van der Waals surface area (Å²) in [5, 5.41) is 8.59. The van der Waals surface area contributed by atoms with Crippen molar-refractivity contribution in [3.63, 3.8) is 0 Å². The zero-order valence-electron chi connectivity index (χ0n) is 18.7. The Hall–Kier alpha value is -2.85. The molecule has 1 aliphatic heterocycles.